The molecule has 14 heteroatoms. The van der Waals surface area contributed by atoms with Gasteiger partial charge in [-0.3, -0.25) is 4.79 Å². The zero-order valence-corrected chi connectivity index (χ0v) is 25.1. The van der Waals surface area contributed by atoms with Crippen LogP contribution in [0.25, 0.3) is 11.2 Å². The molecular weight excluding hydrogens is 590 g/mol. The van der Waals surface area contributed by atoms with Gasteiger partial charge < -0.3 is 35.7 Å². The quantitative estimate of drug-likeness (QED) is 0.144. The molecule has 1 amide bonds. The van der Waals surface area contributed by atoms with Crippen molar-refractivity contribution in [2.45, 2.75) is 49.8 Å². The Hall–Kier alpha value is -4.89. The van der Waals surface area contributed by atoms with Gasteiger partial charge in [-0.1, -0.05) is 60.7 Å². The van der Waals surface area contributed by atoms with Crippen molar-refractivity contribution in [2.75, 3.05) is 35.8 Å². The van der Waals surface area contributed by atoms with Crippen LogP contribution < -0.4 is 16.1 Å². The molecule has 2 aliphatic heterocycles. The number of likely N-dealkylation sites (N-methyl/N-ethyl adjacent to an activating group) is 1. The largest absolute Gasteiger partial charge is 0.387 e. The maximum absolute atomic E-state index is 13.8. The number of H-pyrrole nitrogens is 1. The van der Waals surface area contributed by atoms with Crippen LogP contribution >= 0.6 is 0 Å². The number of amides is 1. The third-order valence-electron chi connectivity index (χ3n) is 8.55. The molecule has 46 heavy (non-hydrogen) atoms. The summed E-state index contributed by atoms with van der Waals surface area (Å²) in [4.78, 5) is 34.6. The van der Waals surface area contributed by atoms with Gasteiger partial charge in [-0.15, -0.1) is 0 Å². The van der Waals surface area contributed by atoms with E-state index in [0.717, 1.165) is 29.1 Å². The van der Waals surface area contributed by atoms with Crippen LogP contribution in [0, 0.1) is 0 Å². The third-order valence-corrected chi connectivity index (χ3v) is 8.55. The number of carbonyl (C=O) groups excluding carboxylic acids is 1. The van der Waals surface area contributed by atoms with Crippen molar-refractivity contribution in [3.05, 3.63) is 95.8 Å². The van der Waals surface area contributed by atoms with Gasteiger partial charge in [0.05, 0.1) is 6.61 Å². The number of aliphatic hydroxyl groups is 2. The highest BCUT2D eigenvalue weighted by Crippen LogP contribution is 2.31. The Labute approximate surface area is 264 Å². The molecule has 0 saturated carbocycles. The lowest BCUT2D eigenvalue weighted by molar-refractivity contribution is -0.173. The SMILES string of the molecule is CCN(C(=O)[C@H]1O[C@@H](OCC2Cc3cnc2[nH]3)[C@H](O)[C@@H]1O)n1c(N)nc2c(NCC(c3ccccc3)c3ccccc3)ncnc21. The number of hydrogen-bond donors (Lipinski definition) is 5. The number of aromatic nitrogens is 6. The van der Waals surface area contributed by atoms with E-state index in [1.165, 1.54) is 16.0 Å². The summed E-state index contributed by atoms with van der Waals surface area (Å²) in [5, 5.41) is 26.2. The molecule has 0 radical (unpaired) electrons. The number of fused-ring (bicyclic) bond motifs is 3. The van der Waals surface area contributed by atoms with Gasteiger partial charge in [-0.05, 0) is 18.1 Å². The predicted octanol–water partition coefficient (Wildman–Crippen LogP) is 1.66. The first-order chi connectivity index (χ1) is 22.4. The topological polar surface area (TPSA) is 190 Å². The minimum Gasteiger partial charge on any atom is -0.387 e. The lowest BCUT2D eigenvalue weighted by Gasteiger charge is -2.26. The van der Waals surface area contributed by atoms with E-state index in [4.69, 9.17) is 15.2 Å². The van der Waals surface area contributed by atoms with Crippen molar-refractivity contribution in [3.8, 4) is 0 Å². The number of aromatic amines is 1. The zero-order chi connectivity index (χ0) is 31.8. The van der Waals surface area contributed by atoms with E-state index in [1.807, 2.05) is 36.4 Å². The van der Waals surface area contributed by atoms with E-state index < -0.39 is 30.5 Å². The van der Waals surface area contributed by atoms with Crippen molar-refractivity contribution < 1.29 is 24.5 Å². The Morgan fingerprint density at radius 1 is 1.11 bits per heavy atom. The number of nitrogen functional groups attached to an aromatic ring is 1. The number of nitrogens with zero attached hydrogens (tertiary/aromatic N) is 6. The monoisotopic (exact) mass is 625 g/mol. The number of aliphatic hydroxyl groups excluding tert-OH is 2. The smallest absolute Gasteiger partial charge is 0.273 e. The van der Waals surface area contributed by atoms with Crippen molar-refractivity contribution >= 4 is 28.8 Å². The van der Waals surface area contributed by atoms with Crippen LogP contribution in [0.5, 0.6) is 0 Å². The van der Waals surface area contributed by atoms with Gasteiger partial charge in [0, 0.05) is 43.2 Å². The highest BCUT2D eigenvalue weighted by molar-refractivity contribution is 5.94. The van der Waals surface area contributed by atoms with Gasteiger partial charge in [0.2, 0.25) is 5.95 Å². The number of anilines is 2. The summed E-state index contributed by atoms with van der Waals surface area (Å²) < 4.78 is 13.0. The molecule has 0 spiro atoms. The predicted molar refractivity (Wildman–Crippen MR) is 168 cm³/mol. The Morgan fingerprint density at radius 2 is 1.83 bits per heavy atom. The summed E-state index contributed by atoms with van der Waals surface area (Å²) >= 11 is 0. The first-order valence-electron chi connectivity index (χ1n) is 15.2. The molecule has 5 heterocycles. The normalized spacial score (nSPS) is 22.1. The summed E-state index contributed by atoms with van der Waals surface area (Å²) in [6.07, 6.45) is -1.69. The maximum atomic E-state index is 13.8. The Balaban J connectivity index is 1.10. The van der Waals surface area contributed by atoms with E-state index in [1.54, 1.807) is 13.1 Å². The summed E-state index contributed by atoms with van der Waals surface area (Å²) in [5.74, 6) is 0.618. The molecule has 6 N–H and O–H groups in total. The van der Waals surface area contributed by atoms with Crippen LogP contribution in [0.1, 0.15) is 41.4 Å². The highest BCUT2D eigenvalue weighted by Gasteiger charge is 2.49. The standard InChI is InChI=1S/C32H35N9O5/c1-2-40(30(44)26-24(42)25(43)31(46-26)45-16-20-13-21-14-34-27(20)38-21)41-29-23(39-32(41)33)28(36-17-37-29)35-15-22(18-9-5-3-6-10-18)19-11-7-4-8-12-19/h3-12,14,17,20,22,24-26,31,42-43H,2,13,15-16H2,1H3,(H2,33,39)(H,34,38)(H,35,36,37)/t20?,24-,25+,26-,31+/m0/s1. The van der Waals surface area contributed by atoms with Gasteiger partial charge >= 0.3 is 0 Å². The number of nitrogens with two attached hydrogens (primary N) is 1. The van der Waals surface area contributed by atoms with Crippen LogP contribution in [0.4, 0.5) is 11.8 Å². The lowest BCUT2D eigenvalue weighted by Crippen LogP contribution is -2.50. The molecule has 3 aromatic heterocycles. The number of rotatable bonds is 11. The Bertz CT molecular complexity index is 1780. The Kier molecular flexibility index (Phi) is 8.09. The molecule has 5 aromatic rings. The van der Waals surface area contributed by atoms with Gasteiger partial charge in [0.15, 0.2) is 29.4 Å². The van der Waals surface area contributed by atoms with Crippen molar-refractivity contribution in [2.24, 2.45) is 0 Å². The minimum absolute atomic E-state index is 0.00359. The number of carbonyl (C=O) groups is 1. The molecule has 5 atom stereocenters. The van der Waals surface area contributed by atoms with Crippen LogP contribution in [0.15, 0.2) is 73.2 Å². The van der Waals surface area contributed by atoms with E-state index in [2.05, 4.69) is 54.5 Å². The summed E-state index contributed by atoms with van der Waals surface area (Å²) in [5.41, 5.74) is 10.3. The second-order valence-electron chi connectivity index (χ2n) is 11.4. The maximum Gasteiger partial charge on any atom is 0.273 e. The van der Waals surface area contributed by atoms with Crippen LogP contribution in [-0.4, -0.2) is 90.0 Å². The van der Waals surface area contributed by atoms with E-state index in [9.17, 15) is 15.0 Å². The number of imidazole rings is 2. The summed E-state index contributed by atoms with van der Waals surface area (Å²) in [6.45, 7) is 2.60. The van der Waals surface area contributed by atoms with E-state index in [0.29, 0.717) is 23.5 Å². The molecule has 2 aliphatic rings. The van der Waals surface area contributed by atoms with Gasteiger partial charge in [-0.25, -0.2) is 24.9 Å². The average Bonchev–Trinajstić information content (AvgIpc) is 3.86. The number of ether oxygens (including phenoxy) is 2. The molecule has 2 bridgehead atoms. The fourth-order valence-corrected chi connectivity index (χ4v) is 6.19. The second kappa shape index (κ2) is 12.5. The third kappa shape index (κ3) is 5.45. The molecule has 0 aliphatic carbocycles. The van der Waals surface area contributed by atoms with Gasteiger partial charge in [0.25, 0.3) is 5.91 Å². The number of benzene rings is 2. The molecule has 1 fully saturated rings. The van der Waals surface area contributed by atoms with Crippen molar-refractivity contribution in [1.29, 1.82) is 0 Å². The van der Waals surface area contributed by atoms with Gasteiger partial charge in [-0.2, -0.15) is 4.68 Å². The number of nitrogens with one attached hydrogen (secondary N) is 2. The molecule has 14 nitrogen and oxygen atoms in total. The van der Waals surface area contributed by atoms with Crippen LogP contribution in [0.3, 0.4) is 0 Å². The van der Waals surface area contributed by atoms with Crippen molar-refractivity contribution in [1.82, 2.24) is 29.6 Å². The highest BCUT2D eigenvalue weighted by atomic mass is 16.7. The summed E-state index contributed by atoms with van der Waals surface area (Å²) in [6, 6.07) is 20.3. The minimum atomic E-state index is -1.53. The molecular formula is C32H35N9O5. The van der Waals surface area contributed by atoms with E-state index >= 15 is 0 Å². The molecule has 1 saturated heterocycles. The fourth-order valence-electron chi connectivity index (χ4n) is 6.19. The van der Waals surface area contributed by atoms with Crippen LogP contribution in [-0.2, 0) is 20.7 Å². The van der Waals surface area contributed by atoms with Crippen molar-refractivity contribution in [3.63, 3.8) is 0 Å². The molecule has 2 aromatic carbocycles. The first-order valence-corrected chi connectivity index (χ1v) is 15.2. The lowest BCUT2D eigenvalue weighted by atomic mass is 9.91. The first kappa shape index (κ1) is 29.8. The van der Waals surface area contributed by atoms with Crippen LogP contribution in [0.2, 0.25) is 0 Å². The van der Waals surface area contributed by atoms with E-state index in [-0.39, 0.29) is 30.9 Å². The Morgan fingerprint density at radius 3 is 2.46 bits per heavy atom. The molecule has 7 rings (SSSR count). The molecule has 238 valence electrons. The summed E-state index contributed by atoms with van der Waals surface area (Å²) in [7, 11) is 0. The number of hydrogen-bond acceptors (Lipinski definition) is 11. The zero-order valence-electron chi connectivity index (χ0n) is 25.1. The van der Waals surface area contributed by atoms with Gasteiger partial charge in [0.1, 0.15) is 24.4 Å². The second-order valence-corrected chi connectivity index (χ2v) is 11.4. The molecule has 1 unspecified atom stereocenters. The average molecular weight is 626 g/mol. The fraction of sp³-hybridized carbons (Fsp3) is 0.344.